The van der Waals surface area contributed by atoms with Crippen molar-refractivity contribution in [3.05, 3.63) is 33.8 Å². The molecule has 2 fully saturated rings. The number of hydrogen-bond donors (Lipinski definition) is 1. The minimum atomic E-state index is -0.886. The van der Waals surface area contributed by atoms with Gasteiger partial charge in [0.05, 0.1) is 5.92 Å². The number of amides is 2. The summed E-state index contributed by atoms with van der Waals surface area (Å²) in [5, 5.41) is 9.82. The fourth-order valence-corrected chi connectivity index (χ4v) is 4.01. The summed E-state index contributed by atoms with van der Waals surface area (Å²) in [6.45, 7) is 1.10. The first-order valence-corrected chi connectivity index (χ1v) is 8.91. The number of carbonyl (C=O) groups excluding carboxylic acids is 2. The Morgan fingerprint density at radius 1 is 1.04 bits per heavy atom. The van der Waals surface area contributed by atoms with Gasteiger partial charge in [-0.05, 0) is 37.5 Å². The summed E-state index contributed by atoms with van der Waals surface area (Å²) < 4.78 is 0. The Labute approximate surface area is 155 Å². The van der Waals surface area contributed by atoms with Crippen LogP contribution in [0.15, 0.2) is 18.2 Å². The fourth-order valence-electron chi connectivity index (χ4n) is 3.48. The fraction of sp³-hybridized carbons (Fsp3) is 0.471. The molecular formula is C17H18Cl2N2O4. The van der Waals surface area contributed by atoms with Gasteiger partial charge in [-0.1, -0.05) is 23.2 Å². The van der Waals surface area contributed by atoms with Crippen molar-refractivity contribution in [1.82, 2.24) is 9.80 Å². The van der Waals surface area contributed by atoms with Gasteiger partial charge in [0, 0.05) is 35.2 Å². The van der Waals surface area contributed by atoms with Gasteiger partial charge in [0.25, 0.3) is 5.91 Å². The molecule has 2 aliphatic heterocycles. The van der Waals surface area contributed by atoms with Gasteiger partial charge in [0.2, 0.25) is 5.91 Å². The molecule has 8 heteroatoms. The molecule has 3 rings (SSSR count). The number of benzene rings is 1. The van der Waals surface area contributed by atoms with Crippen LogP contribution in [-0.2, 0) is 9.59 Å². The average molecular weight is 385 g/mol. The molecule has 0 aromatic heterocycles. The second-order valence-corrected chi connectivity index (χ2v) is 7.30. The number of aliphatic carboxylic acids is 1. The van der Waals surface area contributed by atoms with Crippen LogP contribution in [0.4, 0.5) is 0 Å². The lowest BCUT2D eigenvalue weighted by atomic mass is 10.1. The highest BCUT2D eigenvalue weighted by molar-refractivity contribution is 6.35. The maximum absolute atomic E-state index is 12.8. The predicted octanol–water partition coefficient (Wildman–Crippen LogP) is 2.53. The third-order valence-electron chi connectivity index (χ3n) is 4.76. The quantitative estimate of drug-likeness (QED) is 0.868. The van der Waals surface area contributed by atoms with Gasteiger partial charge in [-0.25, -0.2) is 0 Å². The van der Waals surface area contributed by atoms with Crippen molar-refractivity contribution < 1.29 is 19.5 Å². The Bertz CT molecular complexity index is 704. The number of hydrogen-bond acceptors (Lipinski definition) is 3. The van der Waals surface area contributed by atoms with Crippen LogP contribution >= 0.6 is 23.2 Å². The van der Waals surface area contributed by atoms with E-state index in [1.54, 1.807) is 15.9 Å². The normalized spacial score (nSPS) is 23.1. The van der Waals surface area contributed by atoms with Crippen LogP contribution in [0.5, 0.6) is 0 Å². The zero-order valence-corrected chi connectivity index (χ0v) is 15.0. The first-order valence-electron chi connectivity index (χ1n) is 8.15. The van der Waals surface area contributed by atoms with E-state index in [0.29, 0.717) is 41.5 Å². The number of nitrogens with zero attached hydrogens (tertiary/aromatic N) is 2. The van der Waals surface area contributed by atoms with E-state index in [1.165, 1.54) is 12.1 Å². The lowest BCUT2D eigenvalue weighted by molar-refractivity contribution is -0.141. The second-order valence-electron chi connectivity index (χ2n) is 6.42. The lowest BCUT2D eigenvalue weighted by Crippen LogP contribution is -2.47. The number of likely N-dealkylation sites (tertiary alicyclic amines) is 2. The molecule has 2 heterocycles. The number of rotatable bonds is 3. The summed E-state index contributed by atoms with van der Waals surface area (Å²) in [5.74, 6) is -1.87. The molecule has 1 aromatic carbocycles. The largest absolute Gasteiger partial charge is 0.481 e. The molecule has 6 nitrogen and oxygen atoms in total. The van der Waals surface area contributed by atoms with Crippen LogP contribution in [0, 0.1) is 5.92 Å². The Morgan fingerprint density at radius 3 is 2.32 bits per heavy atom. The molecule has 0 aliphatic carbocycles. The van der Waals surface area contributed by atoms with Crippen molar-refractivity contribution in [3.63, 3.8) is 0 Å². The van der Waals surface area contributed by atoms with Crippen LogP contribution in [0.3, 0.4) is 0 Å². The maximum atomic E-state index is 12.8. The summed E-state index contributed by atoms with van der Waals surface area (Å²) in [6, 6.07) is 4.05. The average Bonchev–Trinajstić information content (AvgIpc) is 3.22. The molecule has 0 bridgehead atoms. The van der Waals surface area contributed by atoms with Crippen molar-refractivity contribution in [2.45, 2.75) is 25.3 Å². The van der Waals surface area contributed by atoms with Crippen LogP contribution in [0.2, 0.25) is 10.0 Å². The van der Waals surface area contributed by atoms with E-state index < -0.39 is 17.9 Å². The zero-order valence-electron chi connectivity index (χ0n) is 13.5. The molecule has 25 heavy (non-hydrogen) atoms. The number of halogens is 2. The smallest absolute Gasteiger partial charge is 0.308 e. The van der Waals surface area contributed by atoms with Gasteiger partial charge < -0.3 is 14.9 Å². The first kappa shape index (κ1) is 18.0. The summed E-state index contributed by atoms with van der Waals surface area (Å²) in [7, 11) is 0. The SMILES string of the molecule is O=C(O)C1CCN(C(=O)C2CCCN2C(=O)c2cc(Cl)cc(Cl)c2)C1. The van der Waals surface area contributed by atoms with Gasteiger partial charge in [-0.3, -0.25) is 14.4 Å². The Morgan fingerprint density at radius 2 is 1.72 bits per heavy atom. The topological polar surface area (TPSA) is 77.9 Å². The molecule has 1 N–H and O–H groups in total. The van der Waals surface area contributed by atoms with Gasteiger partial charge >= 0.3 is 5.97 Å². The molecule has 0 radical (unpaired) electrons. The monoisotopic (exact) mass is 384 g/mol. The van der Waals surface area contributed by atoms with Crippen LogP contribution in [0.1, 0.15) is 29.6 Å². The second kappa shape index (κ2) is 7.22. The van der Waals surface area contributed by atoms with Crippen molar-refractivity contribution in [3.8, 4) is 0 Å². The molecule has 134 valence electrons. The summed E-state index contributed by atoms with van der Waals surface area (Å²) in [4.78, 5) is 39.8. The molecule has 0 spiro atoms. The van der Waals surface area contributed by atoms with Gasteiger partial charge in [-0.15, -0.1) is 0 Å². The molecule has 2 unspecified atom stereocenters. The summed E-state index contributed by atoms with van der Waals surface area (Å²) in [5.41, 5.74) is 0.349. The minimum Gasteiger partial charge on any atom is -0.481 e. The standard InChI is InChI=1S/C17H18Cl2N2O4/c18-12-6-11(7-13(19)8-12)15(22)21-4-1-2-14(21)16(23)20-5-3-10(9-20)17(24)25/h6-8,10,14H,1-5,9H2,(H,24,25). The minimum absolute atomic E-state index is 0.178. The molecule has 2 amide bonds. The van der Waals surface area contributed by atoms with E-state index in [2.05, 4.69) is 0 Å². The van der Waals surface area contributed by atoms with Gasteiger partial charge in [0.1, 0.15) is 6.04 Å². The highest BCUT2D eigenvalue weighted by atomic mass is 35.5. The van der Waals surface area contributed by atoms with Gasteiger partial charge in [0.15, 0.2) is 0 Å². The Hall–Kier alpha value is -1.79. The van der Waals surface area contributed by atoms with E-state index in [0.717, 1.165) is 6.42 Å². The number of carbonyl (C=O) groups is 3. The summed E-state index contributed by atoms with van der Waals surface area (Å²) >= 11 is 11.9. The van der Waals surface area contributed by atoms with Crippen LogP contribution in [-0.4, -0.2) is 58.4 Å². The Kier molecular flexibility index (Phi) is 5.20. The summed E-state index contributed by atoms with van der Waals surface area (Å²) in [6.07, 6.45) is 1.76. The molecule has 1 aromatic rings. The van der Waals surface area contributed by atoms with E-state index in [1.807, 2.05) is 0 Å². The van der Waals surface area contributed by atoms with Crippen molar-refractivity contribution in [2.75, 3.05) is 19.6 Å². The maximum Gasteiger partial charge on any atom is 0.308 e. The third kappa shape index (κ3) is 3.75. The Balaban J connectivity index is 1.75. The van der Waals surface area contributed by atoms with E-state index in [4.69, 9.17) is 28.3 Å². The predicted molar refractivity (Wildman–Crippen MR) is 92.8 cm³/mol. The molecule has 0 saturated carbocycles. The number of carboxylic acid groups (broad SMARTS) is 1. The molecule has 2 atom stereocenters. The highest BCUT2D eigenvalue weighted by Gasteiger charge is 2.40. The van der Waals surface area contributed by atoms with E-state index in [9.17, 15) is 14.4 Å². The zero-order chi connectivity index (χ0) is 18.1. The van der Waals surface area contributed by atoms with Crippen LogP contribution < -0.4 is 0 Å². The first-order chi connectivity index (χ1) is 11.9. The lowest BCUT2D eigenvalue weighted by Gasteiger charge is -2.28. The van der Waals surface area contributed by atoms with Crippen molar-refractivity contribution in [2.24, 2.45) is 5.92 Å². The van der Waals surface area contributed by atoms with Crippen LogP contribution in [0.25, 0.3) is 0 Å². The van der Waals surface area contributed by atoms with E-state index >= 15 is 0 Å². The molecular weight excluding hydrogens is 367 g/mol. The third-order valence-corrected chi connectivity index (χ3v) is 5.19. The van der Waals surface area contributed by atoms with E-state index in [-0.39, 0.29) is 18.4 Å². The van der Waals surface area contributed by atoms with Crippen molar-refractivity contribution >= 4 is 41.0 Å². The molecule has 2 aliphatic rings. The molecule has 2 saturated heterocycles. The number of carboxylic acids is 1. The highest BCUT2D eigenvalue weighted by Crippen LogP contribution is 2.27. The van der Waals surface area contributed by atoms with Gasteiger partial charge in [-0.2, -0.15) is 0 Å². The van der Waals surface area contributed by atoms with Crippen molar-refractivity contribution in [1.29, 1.82) is 0 Å².